The molecule has 0 unspecified atom stereocenters. The Morgan fingerprint density at radius 3 is 2.02 bits per heavy atom. The topological polar surface area (TPSA) is 19.6 Å². The molecule has 0 aliphatic carbocycles. The lowest BCUT2D eigenvalue weighted by molar-refractivity contribution is 0.670. The SMILES string of the molecule is c1ccc(-c2cccc(N3c4cccc5c4B4c6c(cccc63)-c3c(ccc6c3oc3ccccc36)N4c3ccccc3-5)c2)cc1. The standard InChI is InChI=1S/C42H25BN2O/c1-2-11-26(12-3-1)27-13-8-14-28(25-27)44-36-20-9-17-31-29-15-4-6-19-34(29)45-35-24-23-32-30-16-5-7-22-38(30)46-42(32)39(35)33-18-10-21-37(44)41(33)43(45)40(31)36/h1-25H. The number of fused-ring (bicyclic) bond motifs is 10. The highest BCUT2D eigenvalue weighted by Crippen LogP contribution is 2.53. The van der Waals surface area contributed by atoms with Gasteiger partial charge < -0.3 is 14.1 Å². The largest absolute Gasteiger partial charge is 0.455 e. The summed E-state index contributed by atoms with van der Waals surface area (Å²) in [6, 6.07) is 55.1. The van der Waals surface area contributed by atoms with Crippen LogP contribution in [0.1, 0.15) is 0 Å². The van der Waals surface area contributed by atoms with Crippen molar-refractivity contribution in [2.45, 2.75) is 0 Å². The van der Waals surface area contributed by atoms with Crippen molar-refractivity contribution in [3.63, 3.8) is 0 Å². The van der Waals surface area contributed by atoms with Gasteiger partial charge in [0.1, 0.15) is 11.2 Å². The molecule has 0 bridgehead atoms. The third-order valence-corrected chi connectivity index (χ3v) is 10.2. The summed E-state index contributed by atoms with van der Waals surface area (Å²) in [5.41, 5.74) is 17.9. The van der Waals surface area contributed by atoms with Gasteiger partial charge in [0, 0.05) is 50.3 Å². The van der Waals surface area contributed by atoms with Crippen molar-refractivity contribution >= 4 is 68.1 Å². The van der Waals surface area contributed by atoms with E-state index >= 15 is 0 Å². The average Bonchev–Trinajstić information content (AvgIpc) is 3.51. The van der Waals surface area contributed by atoms with Crippen LogP contribution in [-0.2, 0) is 0 Å². The number of para-hydroxylation sites is 2. The van der Waals surface area contributed by atoms with Crippen LogP contribution in [0.15, 0.2) is 156 Å². The normalized spacial score (nSPS) is 13.5. The van der Waals surface area contributed by atoms with Crippen LogP contribution < -0.4 is 20.6 Å². The van der Waals surface area contributed by atoms with Gasteiger partial charge in [-0.1, -0.05) is 103 Å². The van der Waals surface area contributed by atoms with Crippen LogP contribution in [0.25, 0.3) is 55.3 Å². The van der Waals surface area contributed by atoms with E-state index in [0.717, 1.165) is 33.2 Å². The zero-order valence-electron chi connectivity index (χ0n) is 24.8. The monoisotopic (exact) mass is 584 g/mol. The van der Waals surface area contributed by atoms with Gasteiger partial charge in [0.2, 0.25) is 0 Å². The molecule has 3 aliphatic rings. The lowest BCUT2D eigenvalue weighted by Gasteiger charge is -2.49. The van der Waals surface area contributed by atoms with E-state index in [0.29, 0.717) is 0 Å². The summed E-state index contributed by atoms with van der Waals surface area (Å²) in [5.74, 6) is 0. The van der Waals surface area contributed by atoms with Crippen molar-refractivity contribution in [3.8, 4) is 33.4 Å². The van der Waals surface area contributed by atoms with Gasteiger partial charge in [0.15, 0.2) is 0 Å². The number of nitrogens with zero attached hydrogens (tertiary/aromatic N) is 2. The molecule has 3 aliphatic heterocycles. The molecule has 0 saturated carbocycles. The number of furan rings is 1. The van der Waals surface area contributed by atoms with E-state index in [2.05, 4.69) is 161 Å². The molecule has 3 nitrogen and oxygen atoms in total. The van der Waals surface area contributed by atoms with Crippen LogP contribution >= 0.6 is 0 Å². The molecule has 46 heavy (non-hydrogen) atoms. The van der Waals surface area contributed by atoms with Crippen LogP contribution in [0.3, 0.4) is 0 Å². The van der Waals surface area contributed by atoms with Crippen molar-refractivity contribution in [2.75, 3.05) is 9.71 Å². The van der Waals surface area contributed by atoms with Gasteiger partial charge in [-0.2, -0.15) is 0 Å². The fraction of sp³-hybridized carbons (Fsp3) is 0. The Morgan fingerprint density at radius 1 is 0.457 bits per heavy atom. The Bertz CT molecular complexity index is 2570. The van der Waals surface area contributed by atoms with Crippen molar-refractivity contribution in [2.24, 2.45) is 0 Å². The van der Waals surface area contributed by atoms with Crippen LogP contribution in [0, 0.1) is 0 Å². The second kappa shape index (κ2) is 8.80. The smallest absolute Gasteiger partial charge is 0.333 e. The predicted octanol–water partition coefficient (Wildman–Crippen LogP) is 9.94. The third-order valence-electron chi connectivity index (χ3n) is 10.2. The molecule has 0 saturated heterocycles. The second-order valence-electron chi connectivity index (χ2n) is 12.5. The van der Waals surface area contributed by atoms with Gasteiger partial charge in [0.25, 0.3) is 0 Å². The first-order valence-electron chi connectivity index (χ1n) is 15.9. The molecule has 8 aromatic rings. The highest BCUT2D eigenvalue weighted by Gasteiger charge is 2.49. The summed E-state index contributed by atoms with van der Waals surface area (Å²) in [6.07, 6.45) is 0. The van der Waals surface area contributed by atoms with Crippen molar-refractivity contribution in [3.05, 3.63) is 152 Å². The zero-order valence-corrected chi connectivity index (χ0v) is 24.8. The molecule has 0 amide bonds. The van der Waals surface area contributed by atoms with Gasteiger partial charge in [-0.3, -0.25) is 0 Å². The van der Waals surface area contributed by atoms with E-state index < -0.39 is 0 Å². The first-order valence-corrected chi connectivity index (χ1v) is 15.9. The number of benzene rings is 7. The lowest BCUT2D eigenvalue weighted by Crippen LogP contribution is -2.63. The summed E-state index contributed by atoms with van der Waals surface area (Å²) in [6.45, 7) is 0.0372. The third kappa shape index (κ3) is 3.03. The Morgan fingerprint density at radius 2 is 1.13 bits per heavy atom. The fourth-order valence-electron chi connectivity index (χ4n) is 8.35. The summed E-state index contributed by atoms with van der Waals surface area (Å²) < 4.78 is 6.74. The van der Waals surface area contributed by atoms with E-state index in [1.807, 2.05) is 0 Å². The van der Waals surface area contributed by atoms with Crippen molar-refractivity contribution in [1.82, 2.24) is 0 Å². The highest BCUT2D eigenvalue weighted by atomic mass is 16.3. The first kappa shape index (κ1) is 24.3. The Hall–Kier alpha value is -6.00. The van der Waals surface area contributed by atoms with Gasteiger partial charge in [-0.05, 0) is 81.7 Å². The summed E-state index contributed by atoms with van der Waals surface area (Å²) in [5, 5.41) is 2.30. The van der Waals surface area contributed by atoms with E-state index in [1.54, 1.807) is 0 Å². The molecular formula is C42H25BN2O. The maximum atomic E-state index is 6.74. The van der Waals surface area contributed by atoms with Crippen LogP contribution in [0.5, 0.6) is 0 Å². The van der Waals surface area contributed by atoms with E-state index in [1.165, 1.54) is 61.5 Å². The maximum Gasteiger partial charge on any atom is 0.333 e. The summed E-state index contributed by atoms with van der Waals surface area (Å²) >= 11 is 0. The Balaban J connectivity index is 1.27. The van der Waals surface area contributed by atoms with Crippen LogP contribution in [0.4, 0.5) is 28.4 Å². The molecule has 11 rings (SSSR count). The van der Waals surface area contributed by atoms with Crippen LogP contribution in [-0.4, -0.2) is 6.85 Å². The number of hydrogen-bond donors (Lipinski definition) is 0. The molecule has 212 valence electrons. The first-order chi connectivity index (χ1) is 22.8. The zero-order chi connectivity index (χ0) is 29.9. The summed E-state index contributed by atoms with van der Waals surface area (Å²) in [7, 11) is 0. The molecule has 0 fully saturated rings. The second-order valence-corrected chi connectivity index (χ2v) is 12.5. The molecule has 1 aromatic heterocycles. The van der Waals surface area contributed by atoms with E-state index in [-0.39, 0.29) is 6.85 Å². The molecule has 7 aromatic carbocycles. The number of hydrogen-bond acceptors (Lipinski definition) is 3. The minimum atomic E-state index is 0.0372. The molecule has 4 heterocycles. The highest BCUT2D eigenvalue weighted by molar-refractivity contribution is 6.95. The quantitative estimate of drug-likeness (QED) is 0.189. The van der Waals surface area contributed by atoms with Crippen molar-refractivity contribution in [1.29, 1.82) is 0 Å². The van der Waals surface area contributed by atoms with Gasteiger partial charge in [-0.15, -0.1) is 0 Å². The fourth-order valence-corrected chi connectivity index (χ4v) is 8.35. The van der Waals surface area contributed by atoms with Crippen LogP contribution in [0.2, 0.25) is 0 Å². The average molecular weight is 584 g/mol. The minimum absolute atomic E-state index is 0.0372. The Kier molecular flexibility index (Phi) is 4.66. The number of anilines is 5. The maximum absolute atomic E-state index is 6.74. The van der Waals surface area contributed by atoms with E-state index in [9.17, 15) is 0 Å². The summed E-state index contributed by atoms with van der Waals surface area (Å²) in [4.78, 5) is 5.06. The van der Waals surface area contributed by atoms with Gasteiger partial charge >= 0.3 is 6.85 Å². The van der Waals surface area contributed by atoms with Gasteiger partial charge in [-0.25, -0.2) is 0 Å². The minimum Gasteiger partial charge on any atom is -0.455 e. The molecule has 0 N–H and O–H groups in total. The molecule has 0 atom stereocenters. The number of rotatable bonds is 2. The molecule has 4 heteroatoms. The van der Waals surface area contributed by atoms with E-state index in [4.69, 9.17) is 4.42 Å². The predicted molar refractivity (Wildman–Crippen MR) is 192 cm³/mol. The molecule has 0 radical (unpaired) electrons. The lowest BCUT2D eigenvalue weighted by atomic mass is 9.41. The Labute approximate surface area is 266 Å². The molecular weight excluding hydrogens is 559 g/mol. The van der Waals surface area contributed by atoms with Gasteiger partial charge in [0.05, 0.1) is 0 Å². The van der Waals surface area contributed by atoms with Crippen molar-refractivity contribution < 1.29 is 4.42 Å². The molecule has 0 spiro atoms.